The van der Waals surface area contributed by atoms with Gasteiger partial charge in [-0.15, -0.1) is 0 Å². The number of rotatable bonds is 33. The summed E-state index contributed by atoms with van der Waals surface area (Å²) in [6.45, 7) is -2.54. The van der Waals surface area contributed by atoms with Crippen LogP contribution in [-0.2, 0) is 65.5 Å². The fourth-order valence-electron chi connectivity index (χ4n) is 11.2. The molecule has 4 aromatic heterocycles. The molecule has 524 valence electrons. The molecule has 4 fully saturated rings. The molecule has 0 unspecified atom stereocenters. The van der Waals surface area contributed by atoms with Crippen LogP contribution in [0, 0.1) is 0 Å². The third-order valence-corrected chi connectivity index (χ3v) is 18.5. The number of unbranched alkanes of at least 4 members (excludes halogenated alkanes) is 3. The molecule has 4 aromatic rings. The lowest BCUT2D eigenvalue weighted by atomic mass is 9.84. The summed E-state index contributed by atoms with van der Waals surface area (Å²) >= 11 is 2.90. The van der Waals surface area contributed by atoms with E-state index in [1.807, 2.05) is 0 Å². The minimum atomic E-state index is -1.59. The van der Waals surface area contributed by atoms with E-state index in [0.29, 0.717) is 11.5 Å². The zero-order valence-corrected chi connectivity index (χ0v) is 52.9. The Balaban J connectivity index is 0.787. The van der Waals surface area contributed by atoms with Gasteiger partial charge in [-0.1, -0.05) is 12.8 Å². The van der Waals surface area contributed by atoms with E-state index in [1.54, 1.807) is 0 Å². The van der Waals surface area contributed by atoms with Crippen LogP contribution in [0.5, 0.6) is 0 Å². The molecule has 4 aliphatic rings. The van der Waals surface area contributed by atoms with Gasteiger partial charge in [0.1, 0.15) is 86.0 Å². The maximum Gasteiger partial charge on any atom is 0.280 e. The van der Waals surface area contributed by atoms with Gasteiger partial charge in [0.15, 0.2) is 41.5 Å². The number of H-pyrrole nitrogens is 1. The fraction of sp³-hybridized carbons (Fsp3) is 0.717. The van der Waals surface area contributed by atoms with Crippen molar-refractivity contribution in [3.8, 4) is 0 Å². The lowest BCUT2D eigenvalue weighted by Gasteiger charge is -2.47. The molecule has 7 heterocycles. The van der Waals surface area contributed by atoms with Gasteiger partial charge in [-0.3, -0.25) is 33.8 Å². The summed E-state index contributed by atoms with van der Waals surface area (Å²) in [6, 6.07) is -4.36. The predicted octanol–water partition coefficient (Wildman–Crippen LogP) is -10.3. The number of aliphatic hydroxyl groups is 6. The second-order valence-corrected chi connectivity index (χ2v) is 25.5. The quantitative estimate of drug-likeness (QED) is 0.0197. The van der Waals surface area contributed by atoms with E-state index in [1.165, 1.54) is 56.5 Å². The molecule has 0 bridgehead atoms. The number of amides is 5. The van der Waals surface area contributed by atoms with Crippen LogP contribution in [0.2, 0.25) is 0 Å². The Labute approximate surface area is 545 Å². The first-order valence-electron chi connectivity index (χ1n) is 30.5. The molecule has 19 atom stereocenters. The van der Waals surface area contributed by atoms with Crippen molar-refractivity contribution in [2.45, 2.75) is 161 Å². The Hall–Kier alpha value is -6.17. The maximum absolute atomic E-state index is 13.8. The van der Waals surface area contributed by atoms with Crippen molar-refractivity contribution < 1.29 is 83.0 Å². The number of fused-ring (bicyclic) bond motifs is 2. The molecule has 3 saturated heterocycles. The number of nitrogens with two attached hydrogens (primary N) is 9. The number of hydrogen-bond donors (Lipinski definition) is 18. The third kappa shape index (κ3) is 18.5. The average molecular weight is 1370 g/mol. The van der Waals surface area contributed by atoms with Gasteiger partial charge in [0.05, 0.1) is 55.8 Å². The number of imidazole rings is 2. The van der Waals surface area contributed by atoms with Crippen molar-refractivity contribution in [3.05, 3.63) is 29.3 Å². The highest BCUT2D eigenvalue weighted by Gasteiger charge is 2.54. The number of carbonyl (C=O) groups is 5. The second-order valence-electron chi connectivity index (χ2n) is 23.2. The predicted molar refractivity (Wildman–Crippen MR) is 335 cm³/mol. The molecule has 41 heteroatoms. The number of aromatic nitrogens is 8. The highest BCUT2D eigenvalue weighted by atomic mass is 32.2. The summed E-state index contributed by atoms with van der Waals surface area (Å²) in [6.07, 6.45) is -12.9. The summed E-state index contributed by atoms with van der Waals surface area (Å²) in [5.74, 6) is -1.40. The van der Waals surface area contributed by atoms with Crippen molar-refractivity contribution >= 4 is 87.2 Å². The Morgan fingerprint density at radius 3 is 1.78 bits per heavy atom. The molecular formula is C53H87N21O18S2. The van der Waals surface area contributed by atoms with Crippen LogP contribution in [0.3, 0.4) is 0 Å². The standard InChI is InChI=1S/C53H87N21O18S2/c54-12-25-38(81)40(83)33(59)50(87-25)90-43-24(57)11-23(56)37(80)45(43)92-52-42(85)44(91-51-34(60)41(84)39(82)26(13-55)88-51)27(89-52)18-93-9-3-1-2-4-10-94-19-30(77)64-6-8-72(32(79)16-73-21-67-35-46(61)65-20-66-47(35)73)15-29(76)63-5-7-71(14-28(58)75)31(78)17-74-22-68-36-48(74)69-53(62)70-49(36)86/h20-27,33-34,37-45,50-52,80-85H,1-19,54-57,59-60H2,(H2,58,75)(H,63,76)(H,64,77)(H2,61,65,66)(H3,62,69,70,86)/t23-,24+,25-,26+,27-,33-,34-,37+,38-,39-,40-,41-,42-,43-,44-,45-,50-,51-,52+/m1/s1. The van der Waals surface area contributed by atoms with Crippen LogP contribution in [0.4, 0.5) is 11.8 Å². The lowest BCUT2D eigenvalue weighted by molar-refractivity contribution is -0.306. The minimum Gasteiger partial charge on any atom is -0.389 e. The minimum absolute atomic E-state index is 0.0224. The van der Waals surface area contributed by atoms with Crippen LogP contribution < -0.4 is 67.8 Å². The SMILES string of the molecule is NC[C@@H]1O[C@H](O[C@H]2[C@@H](O)[C@H](O[C@@H]3[C@@H](O)[C@H](N)C[C@H](N)[C@H]3O[C@H]3O[C@H](CN)[C@@H](O)[C@H](O)[C@H]3N)O[C@@H]2CSCCCCCCSCC(=O)NCCN(CC(=O)NCCN(CC(N)=O)C(=O)Cn2cnc3c(=O)[nH]c(N)nc32)C(=O)Cn2cnc3c(N)ncnc32)[C@H](N)[C@@H](O)[C@@H]1O. The molecular weight excluding hydrogens is 1280 g/mol. The first-order valence-corrected chi connectivity index (χ1v) is 32.8. The number of nitrogen functional groups attached to an aromatic ring is 2. The molecule has 39 nitrogen and oxygen atoms in total. The van der Waals surface area contributed by atoms with Crippen LogP contribution in [-0.4, -0.2) is 301 Å². The Morgan fingerprint density at radius 1 is 0.628 bits per heavy atom. The summed E-state index contributed by atoms with van der Waals surface area (Å²) in [4.78, 5) is 103. The van der Waals surface area contributed by atoms with Gasteiger partial charge < -0.3 is 140 Å². The number of aromatic amines is 1. The van der Waals surface area contributed by atoms with Crippen molar-refractivity contribution in [2.75, 3.05) is 86.8 Å². The van der Waals surface area contributed by atoms with E-state index in [4.69, 9.17) is 80.0 Å². The number of primary amides is 1. The van der Waals surface area contributed by atoms with E-state index in [9.17, 15) is 59.4 Å². The summed E-state index contributed by atoms with van der Waals surface area (Å²) < 4.78 is 39.4. The van der Waals surface area contributed by atoms with Gasteiger partial charge in [-0.05, 0) is 30.8 Å². The number of anilines is 2. The summed E-state index contributed by atoms with van der Waals surface area (Å²) in [7, 11) is 0. The molecule has 3 aliphatic heterocycles. The van der Waals surface area contributed by atoms with Gasteiger partial charge in [-0.25, -0.2) is 19.9 Å². The highest BCUT2D eigenvalue weighted by Crippen LogP contribution is 2.36. The van der Waals surface area contributed by atoms with Gasteiger partial charge in [0.25, 0.3) is 5.56 Å². The third-order valence-electron chi connectivity index (χ3n) is 16.4. The number of hydrogen-bond acceptors (Lipinski definition) is 33. The lowest BCUT2D eigenvalue weighted by Crippen LogP contribution is -2.68. The fourth-order valence-corrected chi connectivity index (χ4v) is 13.1. The number of ether oxygens (including phenoxy) is 6. The first kappa shape index (κ1) is 73.6. The van der Waals surface area contributed by atoms with Gasteiger partial charge in [0.2, 0.25) is 35.5 Å². The van der Waals surface area contributed by atoms with Crippen molar-refractivity contribution in [1.29, 1.82) is 0 Å². The van der Waals surface area contributed by atoms with E-state index in [0.717, 1.165) is 30.6 Å². The molecule has 8 rings (SSSR count). The normalized spacial score (nSPS) is 30.4. The molecule has 0 spiro atoms. The van der Waals surface area contributed by atoms with Crippen molar-refractivity contribution in [1.82, 2.24) is 59.5 Å². The first-order chi connectivity index (χ1) is 44.9. The van der Waals surface area contributed by atoms with Crippen LogP contribution in [0.1, 0.15) is 32.1 Å². The number of nitrogens with one attached hydrogen (secondary N) is 3. The number of nitrogens with zero attached hydrogens (tertiary/aromatic N) is 9. The molecule has 27 N–H and O–H groups in total. The zero-order valence-electron chi connectivity index (χ0n) is 51.3. The highest BCUT2D eigenvalue weighted by molar-refractivity contribution is 8.00. The molecule has 1 saturated carbocycles. The smallest absolute Gasteiger partial charge is 0.280 e. The average Bonchev–Trinajstić information content (AvgIpc) is 1.33. The molecule has 5 amide bonds. The van der Waals surface area contributed by atoms with Crippen LogP contribution in [0.15, 0.2) is 23.8 Å². The molecule has 94 heavy (non-hydrogen) atoms. The zero-order chi connectivity index (χ0) is 68.1. The summed E-state index contributed by atoms with van der Waals surface area (Å²) in [5, 5.41) is 71.2. The Kier molecular flexibility index (Phi) is 26.8. The number of carbonyl (C=O) groups excluding carboxylic acids is 5. The summed E-state index contributed by atoms with van der Waals surface area (Å²) in [5.41, 5.74) is 53.8. The molecule has 1 aliphatic carbocycles. The molecule has 0 radical (unpaired) electrons. The number of aliphatic hydroxyl groups excluding tert-OH is 6. The van der Waals surface area contributed by atoms with E-state index in [-0.39, 0.29) is 104 Å². The van der Waals surface area contributed by atoms with Gasteiger partial charge in [-0.2, -0.15) is 28.5 Å². The van der Waals surface area contributed by atoms with Crippen LogP contribution in [0.25, 0.3) is 22.3 Å². The van der Waals surface area contributed by atoms with E-state index in [2.05, 4.69) is 40.5 Å². The van der Waals surface area contributed by atoms with Gasteiger partial charge in [0, 0.05) is 57.1 Å². The Bertz CT molecular complexity index is 3230. The number of thioether (sulfide) groups is 2. The van der Waals surface area contributed by atoms with Crippen molar-refractivity contribution in [2.24, 2.45) is 40.1 Å². The second kappa shape index (κ2) is 34.2. The largest absolute Gasteiger partial charge is 0.389 e. The van der Waals surface area contributed by atoms with Crippen LogP contribution >= 0.6 is 23.5 Å². The van der Waals surface area contributed by atoms with Gasteiger partial charge >= 0.3 is 0 Å². The van der Waals surface area contributed by atoms with Crippen molar-refractivity contribution in [3.63, 3.8) is 0 Å². The molecule has 0 aromatic carbocycles. The Morgan fingerprint density at radius 2 is 1.17 bits per heavy atom. The monoisotopic (exact) mass is 1370 g/mol. The van der Waals surface area contributed by atoms with E-state index >= 15 is 0 Å². The topological polar surface area (TPSA) is 634 Å². The van der Waals surface area contributed by atoms with E-state index < -0.39 is 165 Å². The maximum atomic E-state index is 13.8.